The molecule has 0 aliphatic carbocycles. The maximum absolute atomic E-state index is 12.5. The summed E-state index contributed by atoms with van der Waals surface area (Å²) in [5, 5.41) is 7.11. The number of rotatable bonds is 7. The molecule has 1 aromatic carbocycles. The zero-order chi connectivity index (χ0) is 17.7. The van der Waals surface area contributed by atoms with Gasteiger partial charge in [-0.25, -0.2) is 0 Å². The van der Waals surface area contributed by atoms with Gasteiger partial charge < -0.3 is 19.7 Å². The number of ether oxygens (including phenoxy) is 2. The van der Waals surface area contributed by atoms with Crippen LogP contribution in [0.25, 0.3) is 0 Å². The second kappa shape index (κ2) is 8.34. The Kier molecular flexibility index (Phi) is 6.44. The fourth-order valence-corrected chi connectivity index (χ4v) is 2.76. The molecule has 0 fully saturated rings. The highest BCUT2D eigenvalue weighted by Gasteiger charge is 2.16. The van der Waals surface area contributed by atoms with E-state index < -0.39 is 0 Å². The smallest absolute Gasteiger partial charge is 0.256 e. The number of halogens is 1. The summed E-state index contributed by atoms with van der Waals surface area (Å²) in [5.41, 5.74) is 1.18. The van der Waals surface area contributed by atoms with Gasteiger partial charge in [0.2, 0.25) is 0 Å². The first kappa shape index (κ1) is 18.5. The molecule has 0 unspecified atom stereocenters. The zero-order valence-electron chi connectivity index (χ0n) is 14.2. The molecule has 24 heavy (non-hydrogen) atoms. The molecular weight excluding hydrogens is 423 g/mol. The van der Waals surface area contributed by atoms with Crippen LogP contribution in [0.3, 0.4) is 0 Å². The molecule has 0 radical (unpaired) electrons. The molecule has 0 spiro atoms. The van der Waals surface area contributed by atoms with Crippen molar-refractivity contribution in [2.45, 2.75) is 6.54 Å². The lowest BCUT2D eigenvalue weighted by Gasteiger charge is -2.11. The third-order valence-electron chi connectivity index (χ3n) is 3.39. The van der Waals surface area contributed by atoms with Gasteiger partial charge >= 0.3 is 0 Å². The van der Waals surface area contributed by atoms with Crippen molar-refractivity contribution in [1.29, 1.82) is 0 Å². The number of aromatic nitrogens is 2. The van der Waals surface area contributed by atoms with Gasteiger partial charge in [-0.15, -0.1) is 0 Å². The van der Waals surface area contributed by atoms with Crippen LogP contribution in [0, 0.1) is 3.57 Å². The van der Waals surface area contributed by atoms with Crippen LogP contribution in [0.15, 0.2) is 24.5 Å². The summed E-state index contributed by atoms with van der Waals surface area (Å²) in [5.74, 6) is 0.896. The highest BCUT2D eigenvalue weighted by molar-refractivity contribution is 14.1. The SMILES string of the molecule is COc1cc(I)c(C(=O)Nc2cnn(CCN(C)C)c2)cc1OC. The molecular formula is C16H21IN4O3. The molecule has 1 heterocycles. The minimum atomic E-state index is -0.215. The number of nitrogens with zero attached hydrogens (tertiary/aromatic N) is 3. The summed E-state index contributed by atoms with van der Waals surface area (Å²) in [4.78, 5) is 14.6. The second-order valence-electron chi connectivity index (χ2n) is 5.44. The van der Waals surface area contributed by atoms with E-state index >= 15 is 0 Å². The predicted octanol–water partition coefficient (Wildman–Crippen LogP) is 2.32. The number of methoxy groups -OCH3 is 2. The average molecular weight is 444 g/mol. The first-order valence-corrected chi connectivity index (χ1v) is 8.42. The monoisotopic (exact) mass is 444 g/mol. The first-order valence-electron chi connectivity index (χ1n) is 7.34. The molecule has 1 amide bonds. The molecule has 0 bridgehead atoms. The molecule has 0 saturated carbocycles. The highest BCUT2D eigenvalue weighted by atomic mass is 127. The van der Waals surface area contributed by atoms with Gasteiger partial charge in [0.25, 0.3) is 5.91 Å². The van der Waals surface area contributed by atoms with Crippen LogP contribution in [-0.2, 0) is 6.54 Å². The fourth-order valence-electron chi connectivity index (χ4n) is 2.08. The standard InChI is InChI=1S/C16H21IN4O3/c1-20(2)5-6-21-10-11(9-18-21)19-16(22)12-7-14(23-3)15(24-4)8-13(12)17/h7-10H,5-6H2,1-4H3,(H,19,22). The van der Waals surface area contributed by atoms with Crippen LogP contribution in [0.1, 0.15) is 10.4 Å². The van der Waals surface area contributed by atoms with Crippen LogP contribution in [-0.4, -0.2) is 55.4 Å². The van der Waals surface area contributed by atoms with Crippen molar-refractivity contribution >= 4 is 34.2 Å². The number of hydrogen-bond donors (Lipinski definition) is 1. The maximum atomic E-state index is 12.5. The lowest BCUT2D eigenvalue weighted by atomic mass is 10.2. The minimum Gasteiger partial charge on any atom is -0.493 e. The van der Waals surface area contributed by atoms with Gasteiger partial charge in [0.05, 0.1) is 38.2 Å². The molecule has 2 aromatic rings. The van der Waals surface area contributed by atoms with E-state index in [9.17, 15) is 4.79 Å². The number of likely N-dealkylation sites (N-methyl/N-ethyl adjacent to an activating group) is 1. The molecule has 1 aromatic heterocycles. The third kappa shape index (κ3) is 4.60. The Balaban J connectivity index is 2.12. The second-order valence-corrected chi connectivity index (χ2v) is 6.60. The number of amides is 1. The third-order valence-corrected chi connectivity index (χ3v) is 4.28. The molecule has 7 nitrogen and oxygen atoms in total. The van der Waals surface area contributed by atoms with Crippen LogP contribution >= 0.6 is 22.6 Å². The summed E-state index contributed by atoms with van der Waals surface area (Å²) in [6.45, 7) is 1.64. The number of benzene rings is 1. The first-order chi connectivity index (χ1) is 11.4. The Labute approximate surface area is 155 Å². The van der Waals surface area contributed by atoms with Crippen LogP contribution in [0.5, 0.6) is 11.5 Å². The van der Waals surface area contributed by atoms with Crippen LogP contribution < -0.4 is 14.8 Å². The molecule has 1 N–H and O–H groups in total. The van der Waals surface area contributed by atoms with Crippen LogP contribution in [0.2, 0.25) is 0 Å². The van der Waals surface area contributed by atoms with Crippen LogP contribution in [0.4, 0.5) is 5.69 Å². The summed E-state index contributed by atoms with van der Waals surface area (Å²) >= 11 is 2.10. The predicted molar refractivity (Wildman–Crippen MR) is 101 cm³/mol. The van der Waals surface area contributed by atoms with Gasteiger partial charge in [0.15, 0.2) is 11.5 Å². The van der Waals surface area contributed by atoms with E-state index in [1.807, 2.05) is 20.3 Å². The number of anilines is 1. The lowest BCUT2D eigenvalue weighted by molar-refractivity contribution is 0.102. The molecule has 0 aliphatic heterocycles. The van der Waals surface area contributed by atoms with E-state index in [0.717, 1.165) is 16.7 Å². The van der Waals surface area contributed by atoms with Gasteiger partial charge in [0.1, 0.15) is 0 Å². The molecule has 0 aliphatic rings. The van der Waals surface area contributed by atoms with E-state index in [1.165, 1.54) is 0 Å². The Morgan fingerprint density at radius 3 is 2.58 bits per heavy atom. The lowest BCUT2D eigenvalue weighted by Crippen LogP contribution is -2.18. The number of nitrogens with one attached hydrogen (secondary N) is 1. The van der Waals surface area contributed by atoms with Crippen molar-refractivity contribution in [2.24, 2.45) is 0 Å². The fraction of sp³-hybridized carbons (Fsp3) is 0.375. The van der Waals surface area contributed by atoms with Crippen molar-refractivity contribution in [3.8, 4) is 11.5 Å². The molecule has 2 rings (SSSR count). The number of carbonyl (C=O) groups excluding carboxylic acids is 1. The van der Waals surface area contributed by atoms with Gasteiger partial charge in [-0.1, -0.05) is 0 Å². The van der Waals surface area contributed by atoms with Gasteiger partial charge in [-0.2, -0.15) is 5.10 Å². The Morgan fingerprint density at radius 2 is 1.96 bits per heavy atom. The number of hydrogen-bond acceptors (Lipinski definition) is 5. The minimum absolute atomic E-state index is 0.215. The molecule has 130 valence electrons. The Hall–Kier alpha value is -1.81. The van der Waals surface area contributed by atoms with Gasteiger partial charge in [-0.05, 0) is 48.8 Å². The Bertz CT molecular complexity index is 715. The van der Waals surface area contributed by atoms with Crippen molar-refractivity contribution < 1.29 is 14.3 Å². The normalized spacial score (nSPS) is 10.8. The highest BCUT2D eigenvalue weighted by Crippen LogP contribution is 2.31. The van der Waals surface area contributed by atoms with Crippen molar-refractivity contribution in [3.63, 3.8) is 0 Å². The van der Waals surface area contributed by atoms with Gasteiger partial charge in [-0.3, -0.25) is 9.48 Å². The number of carbonyl (C=O) groups is 1. The summed E-state index contributed by atoms with van der Waals surface area (Å²) < 4.78 is 13.1. The zero-order valence-corrected chi connectivity index (χ0v) is 16.3. The van der Waals surface area contributed by atoms with Crippen molar-refractivity contribution in [3.05, 3.63) is 33.7 Å². The Morgan fingerprint density at radius 1 is 1.29 bits per heavy atom. The molecule has 8 heteroatoms. The summed E-state index contributed by atoms with van der Waals surface area (Å²) in [6, 6.07) is 3.45. The summed E-state index contributed by atoms with van der Waals surface area (Å²) in [7, 11) is 7.12. The maximum Gasteiger partial charge on any atom is 0.256 e. The van der Waals surface area contributed by atoms with E-state index in [1.54, 1.807) is 37.2 Å². The quantitative estimate of drug-likeness (QED) is 0.665. The van der Waals surface area contributed by atoms with E-state index in [4.69, 9.17) is 9.47 Å². The van der Waals surface area contributed by atoms with Crippen molar-refractivity contribution in [2.75, 3.05) is 40.2 Å². The van der Waals surface area contributed by atoms with E-state index in [2.05, 4.69) is 37.9 Å². The largest absolute Gasteiger partial charge is 0.493 e. The summed E-state index contributed by atoms with van der Waals surface area (Å²) in [6.07, 6.45) is 3.45. The average Bonchev–Trinajstić information content (AvgIpc) is 2.99. The van der Waals surface area contributed by atoms with E-state index in [-0.39, 0.29) is 5.91 Å². The van der Waals surface area contributed by atoms with E-state index in [0.29, 0.717) is 22.7 Å². The van der Waals surface area contributed by atoms with Crippen molar-refractivity contribution in [1.82, 2.24) is 14.7 Å². The molecule has 0 saturated heterocycles. The molecule has 0 atom stereocenters. The topological polar surface area (TPSA) is 68.6 Å². The van der Waals surface area contributed by atoms with Gasteiger partial charge in [0, 0.05) is 16.3 Å².